The normalized spacial score (nSPS) is 16.7. The summed E-state index contributed by atoms with van der Waals surface area (Å²) in [5.74, 6) is 1.06. The molecule has 0 saturated carbocycles. The van der Waals surface area contributed by atoms with Crippen LogP contribution in [0.15, 0.2) is 59.2 Å². The fraction of sp³-hybridized carbons (Fsp3) is 0.150. The van der Waals surface area contributed by atoms with Crippen LogP contribution in [0.2, 0.25) is 5.02 Å². The van der Waals surface area contributed by atoms with Crippen molar-refractivity contribution in [2.75, 3.05) is 20.8 Å². The van der Waals surface area contributed by atoms with Crippen molar-refractivity contribution in [2.24, 2.45) is 4.99 Å². The molecule has 6 nitrogen and oxygen atoms in total. The van der Waals surface area contributed by atoms with Crippen LogP contribution in [0.1, 0.15) is 5.56 Å². The Bertz CT molecular complexity index is 975. The van der Waals surface area contributed by atoms with Gasteiger partial charge in [0, 0.05) is 18.9 Å². The van der Waals surface area contributed by atoms with Crippen molar-refractivity contribution < 1.29 is 14.3 Å². The number of benzene rings is 1. The van der Waals surface area contributed by atoms with Gasteiger partial charge in [0.1, 0.15) is 0 Å². The molecule has 0 radical (unpaired) electrons. The fourth-order valence-electron chi connectivity index (χ4n) is 2.54. The number of ether oxygens (including phenoxy) is 2. The van der Waals surface area contributed by atoms with Crippen LogP contribution in [0, 0.1) is 0 Å². The van der Waals surface area contributed by atoms with Gasteiger partial charge < -0.3 is 9.47 Å². The SMILES string of the molecule is C=CCN1C(=O)/C(=C/c2ccc(OC)c(OC)c2)SC1=Nc1ccncc1Cl. The zero-order chi connectivity index (χ0) is 20.1. The molecule has 28 heavy (non-hydrogen) atoms. The van der Waals surface area contributed by atoms with Gasteiger partial charge in [-0.1, -0.05) is 23.7 Å². The summed E-state index contributed by atoms with van der Waals surface area (Å²) in [6.07, 6.45) is 6.56. The van der Waals surface area contributed by atoms with Crippen molar-refractivity contribution >= 4 is 46.2 Å². The molecule has 8 heteroatoms. The van der Waals surface area contributed by atoms with E-state index in [1.54, 1.807) is 49.6 Å². The molecule has 2 aromatic rings. The van der Waals surface area contributed by atoms with Gasteiger partial charge in [-0.25, -0.2) is 4.99 Å². The largest absolute Gasteiger partial charge is 0.493 e. The molecule has 0 atom stereocenters. The molecule has 0 N–H and O–H groups in total. The third kappa shape index (κ3) is 4.21. The number of amides is 1. The minimum absolute atomic E-state index is 0.149. The highest BCUT2D eigenvalue weighted by atomic mass is 35.5. The molecule has 1 aliphatic rings. The van der Waals surface area contributed by atoms with Crippen molar-refractivity contribution in [3.05, 3.63) is 64.8 Å². The molecule has 2 heterocycles. The van der Waals surface area contributed by atoms with E-state index in [2.05, 4.69) is 16.6 Å². The Balaban J connectivity index is 1.97. The lowest BCUT2D eigenvalue weighted by molar-refractivity contribution is -0.121. The standard InChI is InChI=1S/C20H18ClN3O3S/c1-4-9-24-19(25)18(11-13-5-6-16(26-2)17(10-13)27-3)28-20(24)23-15-7-8-22-12-14(15)21/h4-8,10-12H,1,9H2,2-3H3/b18-11-,23-20?. The lowest BCUT2D eigenvalue weighted by atomic mass is 10.2. The van der Waals surface area contributed by atoms with Crippen molar-refractivity contribution in [3.8, 4) is 11.5 Å². The van der Waals surface area contributed by atoms with E-state index < -0.39 is 0 Å². The zero-order valence-corrected chi connectivity index (χ0v) is 17.0. The highest BCUT2D eigenvalue weighted by Crippen LogP contribution is 2.36. The van der Waals surface area contributed by atoms with Crippen molar-refractivity contribution in [1.82, 2.24) is 9.88 Å². The Morgan fingerprint density at radius 2 is 2.07 bits per heavy atom. The second-order valence-corrected chi connectivity index (χ2v) is 7.07. The fourth-order valence-corrected chi connectivity index (χ4v) is 3.70. The van der Waals surface area contributed by atoms with Crippen LogP contribution in [0.5, 0.6) is 11.5 Å². The van der Waals surface area contributed by atoms with Crippen LogP contribution in [0.4, 0.5) is 5.69 Å². The number of hydrogen-bond acceptors (Lipinski definition) is 6. The number of aromatic nitrogens is 1. The monoisotopic (exact) mass is 415 g/mol. The van der Waals surface area contributed by atoms with Crippen LogP contribution >= 0.6 is 23.4 Å². The number of thioether (sulfide) groups is 1. The maximum absolute atomic E-state index is 12.9. The summed E-state index contributed by atoms with van der Waals surface area (Å²) < 4.78 is 10.6. The van der Waals surface area contributed by atoms with E-state index in [1.165, 1.54) is 18.0 Å². The number of hydrogen-bond donors (Lipinski definition) is 0. The van der Waals surface area contributed by atoms with Crippen LogP contribution < -0.4 is 9.47 Å². The first kappa shape index (κ1) is 20.0. The number of methoxy groups -OCH3 is 2. The van der Waals surface area contributed by atoms with Crippen molar-refractivity contribution in [3.63, 3.8) is 0 Å². The van der Waals surface area contributed by atoms with Crippen LogP contribution in [-0.2, 0) is 4.79 Å². The molecule has 3 rings (SSSR count). The number of halogens is 1. The molecule has 1 aromatic heterocycles. The van der Waals surface area contributed by atoms with Gasteiger partial charge in [-0.3, -0.25) is 14.7 Å². The topological polar surface area (TPSA) is 64.0 Å². The Labute approximate surface area is 172 Å². The molecule has 0 aliphatic carbocycles. The molecule has 144 valence electrons. The van der Waals surface area contributed by atoms with E-state index >= 15 is 0 Å². The molecule has 1 fully saturated rings. The van der Waals surface area contributed by atoms with Gasteiger partial charge in [0.2, 0.25) is 0 Å². The smallest absolute Gasteiger partial charge is 0.267 e. The molecule has 0 bridgehead atoms. The molecule has 0 unspecified atom stereocenters. The minimum Gasteiger partial charge on any atom is -0.493 e. The van der Waals surface area contributed by atoms with Gasteiger partial charge >= 0.3 is 0 Å². The lowest BCUT2D eigenvalue weighted by Crippen LogP contribution is -2.29. The van der Waals surface area contributed by atoms with E-state index in [0.717, 1.165) is 5.56 Å². The second-order valence-electron chi connectivity index (χ2n) is 5.65. The van der Waals surface area contributed by atoms with Crippen LogP contribution in [-0.4, -0.2) is 41.7 Å². The zero-order valence-electron chi connectivity index (χ0n) is 15.4. The Morgan fingerprint density at radius 3 is 2.75 bits per heavy atom. The maximum atomic E-state index is 12.9. The average molecular weight is 416 g/mol. The molecule has 1 amide bonds. The number of carbonyl (C=O) groups is 1. The third-order valence-corrected chi connectivity index (χ3v) is 5.17. The number of carbonyl (C=O) groups excluding carboxylic acids is 1. The number of aliphatic imine (C=N–C) groups is 1. The Hall–Kier alpha value is -2.77. The number of pyridine rings is 1. The summed E-state index contributed by atoms with van der Waals surface area (Å²) in [6, 6.07) is 7.16. The minimum atomic E-state index is -0.149. The van der Waals surface area contributed by atoms with Gasteiger partial charge in [-0.05, 0) is 41.6 Å². The number of rotatable bonds is 6. The van der Waals surface area contributed by atoms with Gasteiger partial charge in [-0.2, -0.15) is 0 Å². The molecule has 0 spiro atoms. The summed E-state index contributed by atoms with van der Waals surface area (Å²) in [7, 11) is 3.14. The van der Waals surface area contributed by atoms with Gasteiger partial charge in [0.05, 0.1) is 29.8 Å². The van der Waals surface area contributed by atoms with E-state index in [-0.39, 0.29) is 5.91 Å². The average Bonchev–Trinajstić information content (AvgIpc) is 2.99. The Morgan fingerprint density at radius 1 is 1.29 bits per heavy atom. The molecular formula is C20H18ClN3O3S. The quantitative estimate of drug-likeness (QED) is 0.511. The predicted octanol–water partition coefficient (Wildman–Crippen LogP) is 4.54. The van der Waals surface area contributed by atoms with E-state index in [0.29, 0.717) is 38.8 Å². The summed E-state index contributed by atoms with van der Waals surface area (Å²) in [5, 5.41) is 0.948. The van der Waals surface area contributed by atoms with Crippen molar-refractivity contribution in [1.29, 1.82) is 0 Å². The van der Waals surface area contributed by atoms with Crippen molar-refractivity contribution in [2.45, 2.75) is 0 Å². The van der Waals surface area contributed by atoms with Gasteiger partial charge in [0.15, 0.2) is 16.7 Å². The van der Waals surface area contributed by atoms with E-state index in [1.807, 2.05) is 12.1 Å². The molecule has 1 aromatic carbocycles. The number of nitrogens with zero attached hydrogens (tertiary/aromatic N) is 3. The first-order chi connectivity index (χ1) is 13.6. The maximum Gasteiger partial charge on any atom is 0.267 e. The summed E-state index contributed by atoms with van der Waals surface area (Å²) in [6.45, 7) is 4.07. The van der Waals surface area contributed by atoms with Gasteiger partial charge in [-0.15, -0.1) is 6.58 Å². The third-order valence-electron chi connectivity index (χ3n) is 3.87. The van der Waals surface area contributed by atoms with Crippen LogP contribution in [0.3, 0.4) is 0 Å². The lowest BCUT2D eigenvalue weighted by Gasteiger charge is -2.12. The molecular weight excluding hydrogens is 398 g/mol. The first-order valence-corrected chi connectivity index (χ1v) is 9.49. The highest BCUT2D eigenvalue weighted by Gasteiger charge is 2.32. The summed E-state index contributed by atoms with van der Waals surface area (Å²) in [4.78, 5) is 23.5. The summed E-state index contributed by atoms with van der Waals surface area (Å²) in [5.41, 5.74) is 1.36. The van der Waals surface area contributed by atoms with Gasteiger partial charge in [0.25, 0.3) is 5.91 Å². The molecule has 1 saturated heterocycles. The molecule has 1 aliphatic heterocycles. The predicted molar refractivity (Wildman–Crippen MR) is 113 cm³/mol. The Kier molecular flexibility index (Phi) is 6.38. The van der Waals surface area contributed by atoms with E-state index in [4.69, 9.17) is 21.1 Å². The summed E-state index contributed by atoms with van der Waals surface area (Å²) >= 11 is 7.43. The second kappa shape index (κ2) is 8.95. The first-order valence-electron chi connectivity index (χ1n) is 8.30. The van der Waals surface area contributed by atoms with Crippen LogP contribution in [0.25, 0.3) is 6.08 Å². The highest BCUT2D eigenvalue weighted by molar-refractivity contribution is 8.18. The number of amidine groups is 1. The van der Waals surface area contributed by atoms with E-state index in [9.17, 15) is 4.79 Å².